The Morgan fingerprint density at radius 1 is 1.33 bits per heavy atom. The maximum atomic E-state index is 13.7. The fourth-order valence-electron chi connectivity index (χ4n) is 2.24. The summed E-state index contributed by atoms with van der Waals surface area (Å²) in [5.41, 5.74) is 2.12. The molecule has 1 heterocycles. The van der Waals surface area contributed by atoms with Crippen LogP contribution in [-0.4, -0.2) is 26.2 Å². The van der Waals surface area contributed by atoms with Gasteiger partial charge in [-0.3, -0.25) is 0 Å². The summed E-state index contributed by atoms with van der Waals surface area (Å²) in [6.45, 7) is 6.17. The van der Waals surface area contributed by atoms with E-state index in [1.807, 2.05) is 13.0 Å². The molecule has 6 heteroatoms. The molecule has 4 nitrogen and oxygen atoms in total. The summed E-state index contributed by atoms with van der Waals surface area (Å²) in [7, 11) is 1.46. The quantitative estimate of drug-likeness (QED) is 0.591. The van der Waals surface area contributed by atoms with Gasteiger partial charge >= 0.3 is 0 Å². The van der Waals surface area contributed by atoms with Gasteiger partial charge in [0.1, 0.15) is 0 Å². The Bertz CT molecular complexity index is 658. The van der Waals surface area contributed by atoms with E-state index < -0.39 is 0 Å². The molecular weight excluding hydrogens is 325 g/mol. The first-order chi connectivity index (χ1) is 11.6. The number of rotatable bonds is 7. The number of benzene rings is 1. The zero-order valence-electron chi connectivity index (χ0n) is 14.3. The van der Waals surface area contributed by atoms with E-state index in [-0.39, 0.29) is 11.6 Å². The van der Waals surface area contributed by atoms with Gasteiger partial charge in [-0.25, -0.2) is 9.38 Å². The van der Waals surface area contributed by atoms with Crippen LogP contribution in [0, 0.1) is 5.82 Å². The fourth-order valence-corrected chi connectivity index (χ4v) is 3.03. The SMILES string of the molecule is CCNC(=NCc1ccc(OC)c(F)c1)NCC(C)c1ccsc1. The standard InChI is InChI=1S/C18H24FN3OS/c1-4-20-18(21-10-13(2)15-7-8-24-12-15)22-11-14-5-6-17(23-3)16(19)9-14/h5-9,12-13H,4,10-11H2,1-3H3,(H2,20,21,22). The molecule has 0 radical (unpaired) electrons. The molecule has 2 N–H and O–H groups in total. The largest absolute Gasteiger partial charge is 0.494 e. The van der Waals surface area contributed by atoms with Crippen LogP contribution in [0.1, 0.15) is 30.9 Å². The lowest BCUT2D eigenvalue weighted by Crippen LogP contribution is -2.39. The van der Waals surface area contributed by atoms with E-state index in [2.05, 4.69) is 39.4 Å². The highest BCUT2D eigenvalue weighted by Crippen LogP contribution is 2.18. The minimum Gasteiger partial charge on any atom is -0.494 e. The monoisotopic (exact) mass is 349 g/mol. The van der Waals surface area contributed by atoms with E-state index in [1.54, 1.807) is 17.4 Å². The lowest BCUT2D eigenvalue weighted by Gasteiger charge is -2.15. The summed E-state index contributed by atoms with van der Waals surface area (Å²) in [4.78, 5) is 4.52. The zero-order valence-corrected chi connectivity index (χ0v) is 15.1. The molecular formula is C18H24FN3OS. The zero-order chi connectivity index (χ0) is 17.4. The minimum absolute atomic E-state index is 0.248. The molecule has 1 aromatic carbocycles. The predicted molar refractivity (Wildman–Crippen MR) is 98.5 cm³/mol. The molecule has 1 unspecified atom stereocenters. The van der Waals surface area contributed by atoms with E-state index in [1.165, 1.54) is 18.7 Å². The van der Waals surface area contributed by atoms with Crippen molar-refractivity contribution in [2.24, 2.45) is 4.99 Å². The molecule has 0 saturated heterocycles. The molecule has 0 aliphatic rings. The number of nitrogens with one attached hydrogen (secondary N) is 2. The van der Waals surface area contributed by atoms with Crippen LogP contribution in [0.3, 0.4) is 0 Å². The van der Waals surface area contributed by atoms with Crippen LogP contribution < -0.4 is 15.4 Å². The van der Waals surface area contributed by atoms with Gasteiger partial charge < -0.3 is 15.4 Å². The van der Waals surface area contributed by atoms with Gasteiger partial charge in [-0.15, -0.1) is 0 Å². The second kappa shape index (κ2) is 9.27. The number of nitrogens with zero attached hydrogens (tertiary/aromatic N) is 1. The number of thiophene rings is 1. The van der Waals surface area contributed by atoms with Gasteiger partial charge in [-0.1, -0.05) is 13.0 Å². The van der Waals surface area contributed by atoms with Gasteiger partial charge in [0.2, 0.25) is 0 Å². The average molecular weight is 349 g/mol. The van der Waals surface area contributed by atoms with Gasteiger partial charge in [0, 0.05) is 13.1 Å². The van der Waals surface area contributed by atoms with Crippen molar-refractivity contribution in [2.75, 3.05) is 20.2 Å². The molecule has 2 rings (SSSR count). The normalized spacial score (nSPS) is 12.8. The third kappa shape index (κ3) is 5.23. The van der Waals surface area contributed by atoms with Crippen molar-refractivity contribution >= 4 is 17.3 Å². The minimum atomic E-state index is -0.366. The predicted octanol–water partition coefficient (Wildman–Crippen LogP) is 3.75. The molecule has 0 fully saturated rings. The fraction of sp³-hybridized carbons (Fsp3) is 0.389. The second-order valence-electron chi connectivity index (χ2n) is 5.50. The van der Waals surface area contributed by atoms with E-state index in [9.17, 15) is 4.39 Å². The maximum absolute atomic E-state index is 13.7. The molecule has 1 atom stereocenters. The number of methoxy groups -OCH3 is 1. The first kappa shape index (κ1) is 18.3. The van der Waals surface area contributed by atoms with Gasteiger partial charge in [0.15, 0.2) is 17.5 Å². The van der Waals surface area contributed by atoms with Crippen LogP contribution in [-0.2, 0) is 6.54 Å². The summed E-state index contributed by atoms with van der Waals surface area (Å²) in [5.74, 6) is 1.01. The summed E-state index contributed by atoms with van der Waals surface area (Å²) in [6, 6.07) is 7.04. The topological polar surface area (TPSA) is 45.7 Å². The van der Waals surface area contributed by atoms with Gasteiger partial charge in [-0.2, -0.15) is 11.3 Å². The van der Waals surface area contributed by atoms with Gasteiger partial charge in [0.05, 0.1) is 13.7 Å². The van der Waals surface area contributed by atoms with Crippen molar-refractivity contribution in [1.82, 2.24) is 10.6 Å². The highest BCUT2D eigenvalue weighted by atomic mass is 32.1. The Morgan fingerprint density at radius 3 is 2.79 bits per heavy atom. The lowest BCUT2D eigenvalue weighted by molar-refractivity contribution is 0.386. The molecule has 0 amide bonds. The third-order valence-corrected chi connectivity index (χ3v) is 4.37. The van der Waals surface area contributed by atoms with Crippen LogP contribution in [0.25, 0.3) is 0 Å². The number of hydrogen-bond donors (Lipinski definition) is 2. The van der Waals surface area contributed by atoms with Crippen molar-refractivity contribution < 1.29 is 9.13 Å². The molecule has 130 valence electrons. The van der Waals surface area contributed by atoms with Crippen molar-refractivity contribution in [3.05, 3.63) is 52.0 Å². The molecule has 0 bridgehead atoms. The Balaban J connectivity index is 1.96. The first-order valence-corrected chi connectivity index (χ1v) is 8.95. The van der Waals surface area contributed by atoms with Crippen molar-refractivity contribution in [1.29, 1.82) is 0 Å². The number of aliphatic imine (C=N–C) groups is 1. The smallest absolute Gasteiger partial charge is 0.191 e. The first-order valence-electron chi connectivity index (χ1n) is 8.00. The molecule has 0 aliphatic heterocycles. The van der Waals surface area contributed by atoms with E-state index in [0.29, 0.717) is 12.5 Å². The number of hydrogen-bond acceptors (Lipinski definition) is 3. The van der Waals surface area contributed by atoms with Crippen molar-refractivity contribution in [3.8, 4) is 5.75 Å². The molecule has 2 aromatic rings. The lowest BCUT2D eigenvalue weighted by atomic mass is 10.1. The molecule has 0 saturated carbocycles. The molecule has 24 heavy (non-hydrogen) atoms. The Labute approximate surface area is 146 Å². The van der Waals surface area contributed by atoms with Crippen LogP contribution in [0.2, 0.25) is 0 Å². The van der Waals surface area contributed by atoms with Gasteiger partial charge in [-0.05, 0) is 52.9 Å². The highest BCUT2D eigenvalue weighted by molar-refractivity contribution is 7.07. The van der Waals surface area contributed by atoms with Crippen LogP contribution in [0.4, 0.5) is 4.39 Å². The van der Waals surface area contributed by atoms with E-state index >= 15 is 0 Å². The van der Waals surface area contributed by atoms with Gasteiger partial charge in [0.25, 0.3) is 0 Å². The molecule has 0 spiro atoms. The van der Waals surface area contributed by atoms with E-state index in [4.69, 9.17) is 4.74 Å². The number of halogens is 1. The Hall–Kier alpha value is -2.08. The van der Waals surface area contributed by atoms with E-state index in [0.717, 1.165) is 24.6 Å². The third-order valence-electron chi connectivity index (χ3n) is 3.67. The van der Waals surface area contributed by atoms with Crippen LogP contribution in [0.5, 0.6) is 5.75 Å². The van der Waals surface area contributed by atoms with Crippen molar-refractivity contribution in [2.45, 2.75) is 26.3 Å². The molecule has 0 aliphatic carbocycles. The van der Waals surface area contributed by atoms with Crippen LogP contribution in [0.15, 0.2) is 40.0 Å². The molecule has 1 aromatic heterocycles. The van der Waals surface area contributed by atoms with Crippen LogP contribution >= 0.6 is 11.3 Å². The number of guanidine groups is 1. The Kier molecular flexibility index (Phi) is 7.06. The summed E-state index contributed by atoms with van der Waals surface area (Å²) >= 11 is 1.70. The van der Waals surface area contributed by atoms with Crippen molar-refractivity contribution in [3.63, 3.8) is 0 Å². The number of ether oxygens (including phenoxy) is 1. The average Bonchev–Trinajstić information content (AvgIpc) is 3.12. The maximum Gasteiger partial charge on any atom is 0.191 e. The summed E-state index contributed by atoms with van der Waals surface area (Å²) in [6.07, 6.45) is 0. The second-order valence-corrected chi connectivity index (χ2v) is 6.28. The summed E-state index contributed by atoms with van der Waals surface area (Å²) < 4.78 is 18.7. The highest BCUT2D eigenvalue weighted by Gasteiger charge is 2.07. The summed E-state index contributed by atoms with van der Waals surface area (Å²) in [5, 5.41) is 10.8. The Morgan fingerprint density at radius 2 is 2.17 bits per heavy atom.